The van der Waals surface area contributed by atoms with Gasteiger partial charge in [-0.2, -0.15) is 0 Å². The summed E-state index contributed by atoms with van der Waals surface area (Å²) < 4.78 is 11.8. The fourth-order valence-corrected chi connectivity index (χ4v) is 3.73. The van der Waals surface area contributed by atoms with E-state index >= 15 is 0 Å². The summed E-state index contributed by atoms with van der Waals surface area (Å²) in [4.78, 5) is 11.7. The first-order valence-electron chi connectivity index (χ1n) is 7.12. The van der Waals surface area contributed by atoms with Crippen molar-refractivity contribution in [1.29, 1.82) is 0 Å². The Bertz CT molecular complexity index is 310. The van der Waals surface area contributed by atoms with Gasteiger partial charge < -0.3 is 15.7 Å². The molecule has 0 aromatic heterocycles. The number of carbonyl (C=O) groups is 1. The minimum Gasteiger partial charge on any atom is -0.393 e. The van der Waals surface area contributed by atoms with Crippen LogP contribution < -0.4 is 10.6 Å². The highest BCUT2D eigenvalue weighted by Gasteiger charge is 2.26. The van der Waals surface area contributed by atoms with Crippen LogP contribution in [0.15, 0.2) is 0 Å². The van der Waals surface area contributed by atoms with Gasteiger partial charge in [0.05, 0.1) is 6.10 Å². The molecule has 0 heterocycles. The maximum Gasteiger partial charge on any atom is 0.315 e. The summed E-state index contributed by atoms with van der Waals surface area (Å²) >= 11 is 0. The van der Waals surface area contributed by atoms with Crippen LogP contribution in [0.25, 0.3) is 0 Å². The number of rotatable bonds is 6. The topological polar surface area (TPSA) is 78.4 Å². The number of hydrogen-bond acceptors (Lipinski definition) is 3. The molecule has 0 bridgehead atoms. The normalized spacial score (nSPS) is 26.5. The number of urea groups is 1. The molecular formula is C13H26N2O3S. The molecule has 0 aliphatic heterocycles. The Kier molecular flexibility index (Phi) is 7.38. The van der Waals surface area contributed by atoms with Crippen LogP contribution in [-0.4, -0.2) is 45.0 Å². The van der Waals surface area contributed by atoms with E-state index in [0.29, 0.717) is 18.7 Å². The van der Waals surface area contributed by atoms with Gasteiger partial charge in [0.2, 0.25) is 0 Å². The first kappa shape index (κ1) is 16.4. The van der Waals surface area contributed by atoms with Gasteiger partial charge in [0, 0.05) is 34.4 Å². The highest BCUT2D eigenvalue weighted by molar-refractivity contribution is 7.85. The Morgan fingerprint density at radius 1 is 1.47 bits per heavy atom. The molecule has 0 saturated heterocycles. The highest BCUT2D eigenvalue weighted by atomic mass is 32.2. The quantitative estimate of drug-likeness (QED) is 0.686. The molecule has 1 aliphatic carbocycles. The molecule has 4 atom stereocenters. The molecule has 1 fully saturated rings. The van der Waals surface area contributed by atoms with Gasteiger partial charge in [0.15, 0.2) is 0 Å². The summed E-state index contributed by atoms with van der Waals surface area (Å²) in [7, 11) is -0.765. The van der Waals surface area contributed by atoms with Gasteiger partial charge in [-0.05, 0) is 32.6 Å². The second kappa shape index (κ2) is 8.53. The molecule has 0 aromatic carbocycles. The molecule has 0 aromatic rings. The predicted molar refractivity (Wildman–Crippen MR) is 77.6 cm³/mol. The Morgan fingerprint density at radius 3 is 2.84 bits per heavy atom. The van der Waals surface area contributed by atoms with Crippen LogP contribution in [0.5, 0.6) is 0 Å². The number of hydrogen-bond donors (Lipinski definition) is 3. The van der Waals surface area contributed by atoms with E-state index in [1.54, 1.807) is 6.92 Å². The zero-order valence-corrected chi connectivity index (χ0v) is 12.7. The van der Waals surface area contributed by atoms with Crippen LogP contribution in [0.4, 0.5) is 4.79 Å². The largest absolute Gasteiger partial charge is 0.393 e. The lowest BCUT2D eigenvalue weighted by Gasteiger charge is -2.29. The molecule has 4 unspecified atom stereocenters. The lowest BCUT2D eigenvalue weighted by atomic mass is 9.95. The highest BCUT2D eigenvalue weighted by Crippen LogP contribution is 2.22. The Hall–Kier alpha value is -0.620. The molecule has 6 heteroatoms. The van der Waals surface area contributed by atoms with E-state index in [4.69, 9.17) is 5.11 Å². The summed E-state index contributed by atoms with van der Waals surface area (Å²) in [6, 6.07) is -0.0608. The summed E-state index contributed by atoms with van der Waals surface area (Å²) in [5.41, 5.74) is 0. The van der Waals surface area contributed by atoms with Gasteiger partial charge in [-0.3, -0.25) is 4.21 Å². The zero-order chi connectivity index (χ0) is 14.3. The molecule has 112 valence electrons. The fourth-order valence-electron chi connectivity index (χ4n) is 2.38. The third-order valence-electron chi connectivity index (χ3n) is 3.47. The third-order valence-corrected chi connectivity index (χ3v) is 5.21. The summed E-state index contributed by atoms with van der Waals surface area (Å²) in [6.07, 6.45) is 3.95. The molecule has 1 aliphatic rings. The van der Waals surface area contributed by atoms with Crippen LogP contribution in [0.1, 0.15) is 46.0 Å². The average Bonchev–Trinajstić information content (AvgIpc) is 2.37. The lowest BCUT2D eigenvalue weighted by Crippen LogP contribution is -2.46. The minimum absolute atomic E-state index is 0.126. The van der Waals surface area contributed by atoms with Crippen LogP contribution in [0.3, 0.4) is 0 Å². The van der Waals surface area contributed by atoms with Crippen molar-refractivity contribution in [2.75, 3.05) is 12.3 Å². The number of nitrogens with one attached hydrogen (secondary N) is 2. The number of aliphatic hydroxyl groups is 1. The summed E-state index contributed by atoms with van der Waals surface area (Å²) in [5.74, 6) is 0.692. The van der Waals surface area contributed by atoms with Gasteiger partial charge in [-0.15, -0.1) is 0 Å². The first-order chi connectivity index (χ1) is 9.02. The van der Waals surface area contributed by atoms with Crippen molar-refractivity contribution in [2.24, 2.45) is 0 Å². The monoisotopic (exact) mass is 290 g/mol. The third kappa shape index (κ3) is 6.38. The minimum atomic E-state index is -0.765. The fraction of sp³-hybridized carbons (Fsp3) is 0.923. The van der Waals surface area contributed by atoms with Crippen LogP contribution in [0, 0.1) is 0 Å². The summed E-state index contributed by atoms with van der Waals surface area (Å²) in [6.45, 7) is 4.11. The van der Waals surface area contributed by atoms with E-state index in [1.165, 1.54) is 0 Å². The predicted octanol–water partition coefficient (Wildman–Crippen LogP) is 1.14. The standard InChI is InChI=1S/C13H26N2O3S/c1-3-19(18)12-6-4-5-11(9-12)15-13(17)14-8-7-10(2)16/h10-12,16H,3-9H2,1-2H3,(H2,14,15,17). The zero-order valence-electron chi connectivity index (χ0n) is 11.9. The first-order valence-corrected chi connectivity index (χ1v) is 8.50. The van der Waals surface area contributed by atoms with Crippen molar-refractivity contribution >= 4 is 16.8 Å². The van der Waals surface area contributed by atoms with Crippen molar-refractivity contribution in [2.45, 2.75) is 63.3 Å². The molecule has 19 heavy (non-hydrogen) atoms. The SMILES string of the molecule is CCS(=O)C1CCCC(NC(=O)NCCC(C)O)C1. The Labute approximate surface area is 118 Å². The van der Waals surface area contributed by atoms with Gasteiger partial charge in [0.1, 0.15) is 0 Å². The second-order valence-corrected chi connectivity index (χ2v) is 7.20. The lowest BCUT2D eigenvalue weighted by molar-refractivity contribution is 0.183. The van der Waals surface area contributed by atoms with Crippen molar-refractivity contribution in [3.63, 3.8) is 0 Å². The van der Waals surface area contributed by atoms with E-state index in [-0.39, 0.29) is 17.3 Å². The van der Waals surface area contributed by atoms with Gasteiger partial charge in [-0.1, -0.05) is 13.3 Å². The second-order valence-electron chi connectivity index (χ2n) is 5.19. The van der Waals surface area contributed by atoms with Gasteiger partial charge in [0.25, 0.3) is 0 Å². The Morgan fingerprint density at radius 2 is 2.21 bits per heavy atom. The van der Waals surface area contributed by atoms with Crippen molar-refractivity contribution in [1.82, 2.24) is 10.6 Å². The molecule has 5 nitrogen and oxygen atoms in total. The van der Waals surface area contributed by atoms with Crippen molar-refractivity contribution < 1.29 is 14.1 Å². The molecule has 0 spiro atoms. The maximum atomic E-state index is 11.8. The van der Waals surface area contributed by atoms with Crippen molar-refractivity contribution in [3.8, 4) is 0 Å². The van der Waals surface area contributed by atoms with Crippen LogP contribution in [0.2, 0.25) is 0 Å². The van der Waals surface area contributed by atoms with Crippen LogP contribution in [-0.2, 0) is 10.8 Å². The smallest absolute Gasteiger partial charge is 0.315 e. The van der Waals surface area contributed by atoms with Crippen molar-refractivity contribution in [3.05, 3.63) is 0 Å². The molecule has 1 saturated carbocycles. The number of aliphatic hydroxyl groups excluding tert-OH is 1. The van der Waals surface area contributed by atoms with E-state index in [1.807, 2.05) is 6.92 Å². The van der Waals surface area contributed by atoms with Gasteiger partial charge in [-0.25, -0.2) is 4.79 Å². The van der Waals surface area contributed by atoms with Gasteiger partial charge >= 0.3 is 6.03 Å². The average molecular weight is 290 g/mol. The molecule has 2 amide bonds. The van der Waals surface area contributed by atoms with E-state index < -0.39 is 16.9 Å². The summed E-state index contributed by atoms with van der Waals surface area (Å²) in [5, 5.41) is 15.0. The number of amides is 2. The van der Waals surface area contributed by atoms with E-state index in [9.17, 15) is 9.00 Å². The molecular weight excluding hydrogens is 264 g/mol. The molecule has 0 radical (unpaired) electrons. The molecule has 1 rings (SSSR count). The molecule has 3 N–H and O–H groups in total. The number of carbonyl (C=O) groups excluding carboxylic acids is 1. The maximum absolute atomic E-state index is 11.8. The van der Waals surface area contributed by atoms with E-state index in [0.717, 1.165) is 25.7 Å². The van der Waals surface area contributed by atoms with Crippen LogP contribution >= 0.6 is 0 Å². The van der Waals surface area contributed by atoms with E-state index in [2.05, 4.69) is 10.6 Å². The Balaban J connectivity index is 2.27.